The van der Waals surface area contributed by atoms with Gasteiger partial charge in [-0.15, -0.1) is 0 Å². The minimum Gasteiger partial charge on any atom is -0.493 e. The van der Waals surface area contributed by atoms with Gasteiger partial charge in [-0.2, -0.15) is 0 Å². The van der Waals surface area contributed by atoms with Crippen molar-refractivity contribution in [3.63, 3.8) is 0 Å². The fourth-order valence-electron chi connectivity index (χ4n) is 1.58. The molecule has 0 saturated carbocycles. The summed E-state index contributed by atoms with van der Waals surface area (Å²) in [6.45, 7) is 2.31. The average molecular weight is 225 g/mol. The molecule has 0 aliphatic heterocycles. The Bertz CT molecular complexity index is 341. The molecule has 0 aliphatic rings. The second kappa shape index (κ2) is 5.72. The van der Waals surface area contributed by atoms with Crippen LogP contribution in [0.3, 0.4) is 0 Å². The molecule has 0 amide bonds. The van der Waals surface area contributed by atoms with E-state index >= 15 is 0 Å². The number of ether oxygens (including phenoxy) is 2. The number of aliphatic hydroxyl groups excluding tert-OH is 1. The van der Waals surface area contributed by atoms with Crippen LogP contribution in [0, 0.1) is 5.92 Å². The van der Waals surface area contributed by atoms with Crippen LogP contribution in [0.25, 0.3) is 0 Å². The van der Waals surface area contributed by atoms with Crippen molar-refractivity contribution in [3.05, 3.63) is 23.8 Å². The maximum atomic E-state index is 10.1. The summed E-state index contributed by atoms with van der Waals surface area (Å²) in [6.07, 6.45) is -0.643. The SMILES string of the molecule is COc1cccc(C(O)C(C)CN)c1OC. The predicted molar refractivity (Wildman–Crippen MR) is 62.7 cm³/mol. The van der Waals surface area contributed by atoms with E-state index in [0.717, 1.165) is 0 Å². The Morgan fingerprint density at radius 3 is 2.50 bits per heavy atom. The Kier molecular flexibility index (Phi) is 4.58. The molecule has 0 aromatic heterocycles. The smallest absolute Gasteiger partial charge is 0.166 e. The van der Waals surface area contributed by atoms with Gasteiger partial charge in [0.15, 0.2) is 11.5 Å². The van der Waals surface area contributed by atoms with Crippen LogP contribution in [0.4, 0.5) is 0 Å². The van der Waals surface area contributed by atoms with Crippen LogP contribution in [0.2, 0.25) is 0 Å². The first-order valence-corrected chi connectivity index (χ1v) is 5.24. The molecule has 0 saturated heterocycles. The summed E-state index contributed by atoms with van der Waals surface area (Å²) in [4.78, 5) is 0. The zero-order valence-electron chi connectivity index (χ0n) is 9.93. The fraction of sp³-hybridized carbons (Fsp3) is 0.500. The zero-order chi connectivity index (χ0) is 12.1. The van der Waals surface area contributed by atoms with Crippen molar-refractivity contribution in [3.8, 4) is 11.5 Å². The lowest BCUT2D eigenvalue weighted by Crippen LogP contribution is -2.19. The third kappa shape index (κ3) is 2.46. The Labute approximate surface area is 96.0 Å². The van der Waals surface area contributed by atoms with Crippen molar-refractivity contribution in [2.24, 2.45) is 11.7 Å². The second-order valence-electron chi connectivity index (χ2n) is 3.74. The van der Waals surface area contributed by atoms with E-state index in [1.165, 1.54) is 0 Å². The van der Waals surface area contributed by atoms with E-state index < -0.39 is 6.10 Å². The van der Waals surface area contributed by atoms with Gasteiger partial charge >= 0.3 is 0 Å². The Morgan fingerprint density at radius 1 is 1.31 bits per heavy atom. The highest BCUT2D eigenvalue weighted by molar-refractivity contribution is 5.47. The molecule has 16 heavy (non-hydrogen) atoms. The van der Waals surface area contributed by atoms with Crippen molar-refractivity contribution in [2.45, 2.75) is 13.0 Å². The highest BCUT2D eigenvalue weighted by Gasteiger charge is 2.21. The summed E-state index contributed by atoms with van der Waals surface area (Å²) < 4.78 is 10.4. The molecule has 2 unspecified atom stereocenters. The van der Waals surface area contributed by atoms with Crippen LogP contribution >= 0.6 is 0 Å². The maximum Gasteiger partial charge on any atom is 0.166 e. The zero-order valence-corrected chi connectivity index (χ0v) is 9.93. The van der Waals surface area contributed by atoms with Crippen molar-refractivity contribution in [1.29, 1.82) is 0 Å². The average Bonchev–Trinajstić information content (AvgIpc) is 2.35. The third-order valence-electron chi connectivity index (χ3n) is 2.66. The normalized spacial score (nSPS) is 14.3. The molecule has 90 valence electrons. The van der Waals surface area contributed by atoms with Gasteiger partial charge in [-0.3, -0.25) is 0 Å². The quantitative estimate of drug-likeness (QED) is 0.793. The first-order valence-electron chi connectivity index (χ1n) is 5.24. The first kappa shape index (κ1) is 12.8. The number of methoxy groups -OCH3 is 2. The highest BCUT2D eigenvalue weighted by atomic mass is 16.5. The van der Waals surface area contributed by atoms with Gasteiger partial charge in [-0.25, -0.2) is 0 Å². The van der Waals surface area contributed by atoms with E-state index in [1.54, 1.807) is 20.3 Å². The molecule has 4 heteroatoms. The molecular formula is C12H19NO3. The Balaban J connectivity index is 3.12. The number of hydrogen-bond donors (Lipinski definition) is 2. The first-order chi connectivity index (χ1) is 7.65. The number of benzene rings is 1. The van der Waals surface area contributed by atoms with E-state index in [1.807, 2.05) is 19.1 Å². The van der Waals surface area contributed by atoms with Gasteiger partial charge in [0, 0.05) is 5.56 Å². The minimum absolute atomic E-state index is 0.0268. The van der Waals surface area contributed by atoms with E-state index in [-0.39, 0.29) is 5.92 Å². The van der Waals surface area contributed by atoms with Crippen molar-refractivity contribution < 1.29 is 14.6 Å². The number of aliphatic hydroxyl groups is 1. The standard InChI is InChI=1S/C12H19NO3/c1-8(7-13)11(14)9-5-4-6-10(15-2)12(9)16-3/h4-6,8,11,14H,7,13H2,1-3H3. The molecule has 4 nitrogen and oxygen atoms in total. The molecular weight excluding hydrogens is 206 g/mol. The number of hydrogen-bond acceptors (Lipinski definition) is 4. The summed E-state index contributed by atoms with van der Waals surface area (Å²) in [5, 5.41) is 10.1. The van der Waals surface area contributed by atoms with Crippen LogP contribution < -0.4 is 15.2 Å². The monoisotopic (exact) mass is 225 g/mol. The van der Waals surface area contributed by atoms with Crippen LogP contribution in [-0.4, -0.2) is 25.9 Å². The lowest BCUT2D eigenvalue weighted by atomic mass is 9.96. The molecule has 0 radical (unpaired) electrons. The topological polar surface area (TPSA) is 64.7 Å². The van der Waals surface area contributed by atoms with E-state index in [2.05, 4.69) is 0 Å². The molecule has 1 aromatic rings. The van der Waals surface area contributed by atoms with Gasteiger partial charge in [0.05, 0.1) is 20.3 Å². The number of para-hydroxylation sites is 1. The molecule has 3 N–H and O–H groups in total. The summed E-state index contributed by atoms with van der Waals surface area (Å²) >= 11 is 0. The van der Waals surface area contributed by atoms with Crippen molar-refractivity contribution in [1.82, 2.24) is 0 Å². The summed E-state index contributed by atoms with van der Waals surface area (Å²) in [6, 6.07) is 5.43. The fourth-order valence-corrected chi connectivity index (χ4v) is 1.58. The molecule has 0 fully saturated rings. The number of nitrogens with two attached hydrogens (primary N) is 1. The molecule has 0 aliphatic carbocycles. The van der Waals surface area contributed by atoms with Crippen LogP contribution in [0.1, 0.15) is 18.6 Å². The van der Waals surface area contributed by atoms with Crippen molar-refractivity contribution >= 4 is 0 Å². The summed E-state index contributed by atoms with van der Waals surface area (Å²) in [7, 11) is 3.13. The van der Waals surface area contributed by atoms with Gasteiger partial charge in [0.2, 0.25) is 0 Å². The van der Waals surface area contributed by atoms with Crippen LogP contribution in [0.5, 0.6) is 11.5 Å². The van der Waals surface area contributed by atoms with Gasteiger partial charge in [-0.1, -0.05) is 19.1 Å². The van der Waals surface area contributed by atoms with Crippen LogP contribution in [-0.2, 0) is 0 Å². The molecule has 0 bridgehead atoms. The van der Waals surface area contributed by atoms with Crippen LogP contribution in [0.15, 0.2) is 18.2 Å². The molecule has 0 heterocycles. The Hall–Kier alpha value is -1.26. The maximum absolute atomic E-state index is 10.1. The van der Waals surface area contributed by atoms with Gasteiger partial charge in [0.1, 0.15) is 0 Å². The molecule has 0 spiro atoms. The molecule has 1 rings (SSSR count). The Morgan fingerprint density at radius 2 is 2.00 bits per heavy atom. The van der Waals surface area contributed by atoms with Gasteiger partial charge in [-0.05, 0) is 18.5 Å². The predicted octanol–water partition coefficient (Wildman–Crippen LogP) is 1.33. The third-order valence-corrected chi connectivity index (χ3v) is 2.66. The summed E-state index contributed by atoms with van der Waals surface area (Å²) in [5.74, 6) is 1.15. The molecule has 2 atom stereocenters. The number of rotatable bonds is 5. The van der Waals surface area contributed by atoms with E-state index in [0.29, 0.717) is 23.6 Å². The summed E-state index contributed by atoms with van der Waals surface area (Å²) in [5.41, 5.74) is 6.25. The second-order valence-corrected chi connectivity index (χ2v) is 3.74. The lowest BCUT2D eigenvalue weighted by Gasteiger charge is -2.21. The lowest BCUT2D eigenvalue weighted by molar-refractivity contribution is 0.118. The highest BCUT2D eigenvalue weighted by Crippen LogP contribution is 2.36. The largest absolute Gasteiger partial charge is 0.493 e. The van der Waals surface area contributed by atoms with Gasteiger partial charge < -0.3 is 20.3 Å². The van der Waals surface area contributed by atoms with E-state index in [9.17, 15) is 5.11 Å². The molecule has 1 aromatic carbocycles. The van der Waals surface area contributed by atoms with Gasteiger partial charge in [0.25, 0.3) is 0 Å². The minimum atomic E-state index is -0.643. The van der Waals surface area contributed by atoms with E-state index in [4.69, 9.17) is 15.2 Å². The van der Waals surface area contributed by atoms with Crippen molar-refractivity contribution in [2.75, 3.05) is 20.8 Å².